The molecule has 3 rings (SSSR count). The first-order valence-corrected chi connectivity index (χ1v) is 10.7. The van der Waals surface area contributed by atoms with Crippen molar-refractivity contribution in [3.8, 4) is 11.8 Å². The van der Waals surface area contributed by atoms with Crippen molar-refractivity contribution >= 4 is 5.97 Å². The van der Waals surface area contributed by atoms with E-state index < -0.39 is 5.82 Å². The normalized spacial score (nSPS) is 28.0. The second kappa shape index (κ2) is 9.87. The van der Waals surface area contributed by atoms with Gasteiger partial charge in [-0.05, 0) is 81.3 Å². The minimum atomic E-state index is -0.658. The molecule has 1 aromatic rings. The summed E-state index contributed by atoms with van der Waals surface area (Å²) in [4.78, 5) is 12.4. The number of hydrogen-bond acceptors (Lipinski definition) is 3. The zero-order chi connectivity index (χ0) is 19.9. The molecule has 1 aromatic carbocycles. The summed E-state index contributed by atoms with van der Waals surface area (Å²) in [6.07, 6.45) is 15.1. The summed E-state index contributed by atoms with van der Waals surface area (Å²) in [6.45, 7) is 2.29. The molecule has 2 saturated carbocycles. The number of ether oxygens (including phenoxy) is 1. The van der Waals surface area contributed by atoms with Gasteiger partial charge in [0.05, 0.1) is 11.5 Å². The van der Waals surface area contributed by atoms with Gasteiger partial charge in [-0.1, -0.05) is 25.5 Å². The Balaban J connectivity index is 1.43. The number of benzene rings is 1. The summed E-state index contributed by atoms with van der Waals surface area (Å²) in [5, 5.41) is 8.77. The Hall–Kier alpha value is -2.15. The lowest BCUT2D eigenvalue weighted by atomic mass is 9.78. The Labute approximate surface area is 167 Å². The van der Waals surface area contributed by atoms with Gasteiger partial charge < -0.3 is 4.74 Å². The smallest absolute Gasteiger partial charge is 0.314 e. The molecule has 0 unspecified atom stereocenters. The molecular formula is C24H30FNO2. The number of hydrogen-bond donors (Lipinski definition) is 0. The number of nitrogens with zero attached hydrogens (tertiary/aromatic N) is 1. The summed E-state index contributed by atoms with van der Waals surface area (Å²) in [7, 11) is 0. The van der Waals surface area contributed by atoms with Crippen LogP contribution in [-0.4, -0.2) is 5.97 Å². The molecule has 0 saturated heterocycles. The monoisotopic (exact) mass is 383 g/mol. The first kappa shape index (κ1) is 20.6. The highest BCUT2D eigenvalue weighted by atomic mass is 19.1. The van der Waals surface area contributed by atoms with Crippen LogP contribution in [-0.2, 0) is 4.79 Å². The molecule has 2 fully saturated rings. The van der Waals surface area contributed by atoms with Crippen LogP contribution >= 0.6 is 0 Å². The number of nitriles is 1. The SMILES string of the molecule is CCC1CCC(/C=C/C2CCC(C(=O)Oc3ccc(C#N)c(F)c3)CC2)CC1. The Kier molecular flexibility index (Phi) is 7.25. The van der Waals surface area contributed by atoms with E-state index in [1.165, 1.54) is 44.2 Å². The molecule has 150 valence electrons. The van der Waals surface area contributed by atoms with Crippen LogP contribution in [0.4, 0.5) is 4.39 Å². The molecule has 0 aromatic heterocycles. The molecule has 3 nitrogen and oxygen atoms in total. The molecule has 28 heavy (non-hydrogen) atoms. The van der Waals surface area contributed by atoms with Gasteiger partial charge in [0.1, 0.15) is 17.6 Å². The molecule has 0 amide bonds. The molecule has 0 aliphatic heterocycles. The second-order valence-electron chi connectivity index (χ2n) is 8.36. The fourth-order valence-electron chi connectivity index (χ4n) is 4.50. The summed E-state index contributed by atoms with van der Waals surface area (Å²) in [5.74, 6) is 1.32. The van der Waals surface area contributed by atoms with Gasteiger partial charge in [0.25, 0.3) is 0 Å². The lowest BCUT2D eigenvalue weighted by molar-refractivity contribution is -0.140. The van der Waals surface area contributed by atoms with Crippen LogP contribution < -0.4 is 4.74 Å². The van der Waals surface area contributed by atoms with Crippen LogP contribution in [0.25, 0.3) is 0 Å². The van der Waals surface area contributed by atoms with E-state index in [1.54, 1.807) is 6.07 Å². The molecule has 2 aliphatic rings. The maximum atomic E-state index is 13.7. The van der Waals surface area contributed by atoms with Crippen LogP contribution in [0, 0.1) is 40.8 Å². The summed E-state index contributed by atoms with van der Waals surface area (Å²) in [5.41, 5.74) is -0.0460. The number of halogens is 1. The standard InChI is InChI=1S/C24H30FNO2/c1-2-17-3-5-18(6-4-17)7-8-19-9-11-20(12-10-19)24(27)28-22-14-13-21(16-26)23(25)15-22/h7-8,13-15,17-20H,2-6,9-12H2,1H3/b8-7+. The van der Waals surface area contributed by atoms with E-state index in [0.717, 1.165) is 43.6 Å². The minimum Gasteiger partial charge on any atom is -0.426 e. The Morgan fingerprint density at radius 3 is 2.25 bits per heavy atom. The van der Waals surface area contributed by atoms with E-state index in [9.17, 15) is 9.18 Å². The third-order valence-corrected chi connectivity index (χ3v) is 6.51. The molecule has 0 radical (unpaired) electrons. The Morgan fingerprint density at radius 1 is 1.11 bits per heavy atom. The fourth-order valence-corrected chi connectivity index (χ4v) is 4.50. The van der Waals surface area contributed by atoms with E-state index >= 15 is 0 Å². The van der Waals surface area contributed by atoms with Crippen LogP contribution in [0.5, 0.6) is 5.75 Å². The van der Waals surface area contributed by atoms with Gasteiger partial charge in [-0.15, -0.1) is 0 Å². The lowest BCUT2D eigenvalue weighted by Gasteiger charge is -2.27. The number of carbonyl (C=O) groups excluding carboxylic acids is 1. The van der Waals surface area contributed by atoms with Gasteiger partial charge in [-0.3, -0.25) is 4.79 Å². The number of allylic oxidation sites excluding steroid dienone is 2. The van der Waals surface area contributed by atoms with Gasteiger partial charge in [0, 0.05) is 6.07 Å². The van der Waals surface area contributed by atoms with Crippen molar-refractivity contribution in [2.45, 2.75) is 64.7 Å². The van der Waals surface area contributed by atoms with Crippen molar-refractivity contribution in [2.24, 2.45) is 23.7 Å². The van der Waals surface area contributed by atoms with Gasteiger partial charge in [0.2, 0.25) is 0 Å². The summed E-state index contributed by atoms with van der Waals surface area (Å²) >= 11 is 0. The van der Waals surface area contributed by atoms with Crippen molar-refractivity contribution in [1.82, 2.24) is 0 Å². The average molecular weight is 384 g/mol. The molecule has 0 atom stereocenters. The zero-order valence-electron chi connectivity index (χ0n) is 16.7. The van der Waals surface area contributed by atoms with E-state index in [2.05, 4.69) is 19.1 Å². The van der Waals surface area contributed by atoms with Crippen molar-refractivity contribution < 1.29 is 13.9 Å². The molecule has 0 heterocycles. The topological polar surface area (TPSA) is 50.1 Å². The minimum absolute atomic E-state index is 0.0460. The maximum Gasteiger partial charge on any atom is 0.314 e. The highest BCUT2D eigenvalue weighted by molar-refractivity contribution is 5.75. The second-order valence-corrected chi connectivity index (χ2v) is 8.36. The molecule has 2 aliphatic carbocycles. The highest BCUT2D eigenvalue weighted by Gasteiger charge is 2.27. The Bertz CT molecular complexity index is 735. The average Bonchev–Trinajstić information content (AvgIpc) is 2.73. The maximum absolute atomic E-state index is 13.7. The number of esters is 1. The summed E-state index contributed by atoms with van der Waals surface area (Å²) in [6, 6.07) is 5.69. The van der Waals surface area contributed by atoms with E-state index in [-0.39, 0.29) is 23.2 Å². The quantitative estimate of drug-likeness (QED) is 0.346. The molecular weight excluding hydrogens is 353 g/mol. The largest absolute Gasteiger partial charge is 0.426 e. The van der Waals surface area contributed by atoms with Gasteiger partial charge >= 0.3 is 5.97 Å². The van der Waals surface area contributed by atoms with Gasteiger partial charge in [-0.25, -0.2) is 4.39 Å². The summed E-state index contributed by atoms with van der Waals surface area (Å²) < 4.78 is 19.0. The molecule has 4 heteroatoms. The van der Waals surface area contributed by atoms with Crippen LogP contribution in [0.2, 0.25) is 0 Å². The van der Waals surface area contributed by atoms with Gasteiger partial charge in [0.15, 0.2) is 0 Å². The third kappa shape index (κ3) is 5.44. The van der Waals surface area contributed by atoms with Crippen molar-refractivity contribution in [1.29, 1.82) is 5.26 Å². The predicted molar refractivity (Wildman–Crippen MR) is 107 cm³/mol. The van der Waals surface area contributed by atoms with Crippen molar-refractivity contribution in [2.75, 3.05) is 0 Å². The van der Waals surface area contributed by atoms with Crippen molar-refractivity contribution in [3.63, 3.8) is 0 Å². The van der Waals surface area contributed by atoms with Crippen LogP contribution in [0.1, 0.15) is 70.3 Å². The van der Waals surface area contributed by atoms with Gasteiger partial charge in [-0.2, -0.15) is 5.26 Å². The Morgan fingerprint density at radius 2 is 1.71 bits per heavy atom. The molecule has 0 N–H and O–H groups in total. The first-order chi connectivity index (χ1) is 13.6. The highest BCUT2D eigenvalue weighted by Crippen LogP contribution is 2.34. The fraction of sp³-hybridized carbons (Fsp3) is 0.583. The van der Waals surface area contributed by atoms with E-state index in [4.69, 9.17) is 10.00 Å². The van der Waals surface area contributed by atoms with E-state index in [1.807, 2.05) is 0 Å². The lowest BCUT2D eigenvalue weighted by Crippen LogP contribution is -2.25. The third-order valence-electron chi connectivity index (χ3n) is 6.51. The number of carbonyl (C=O) groups is 1. The predicted octanol–water partition coefficient (Wildman–Crippen LogP) is 6.18. The van der Waals surface area contributed by atoms with Crippen molar-refractivity contribution in [3.05, 3.63) is 41.7 Å². The van der Waals surface area contributed by atoms with Crippen LogP contribution in [0.3, 0.4) is 0 Å². The first-order valence-electron chi connectivity index (χ1n) is 10.7. The zero-order valence-corrected chi connectivity index (χ0v) is 16.7. The van der Waals surface area contributed by atoms with Crippen LogP contribution in [0.15, 0.2) is 30.4 Å². The van der Waals surface area contributed by atoms with E-state index in [0.29, 0.717) is 5.92 Å². The number of rotatable bonds is 5. The molecule has 0 spiro atoms. The molecule has 0 bridgehead atoms.